The molecule has 2 rings (SSSR count). The van der Waals surface area contributed by atoms with E-state index in [2.05, 4.69) is 0 Å². The Morgan fingerprint density at radius 1 is 1.47 bits per heavy atom. The maximum absolute atomic E-state index is 11.6. The van der Waals surface area contributed by atoms with Gasteiger partial charge in [0.2, 0.25) is 11.8 Å². The van der Waals surface area contributed by atoms with Crippen LogP contribution in [-0.2, 0) is 9.59 Å². The molecule has 0 spiro atoms. The van der Waals surface area contributed by atoms with Gasteiger partial charge in [0.25, 0.3) is 0 Å². The van der Waals surface area contributed by atoms with Crippen molar-refractivity contribution in [3.63, 3.8) is 0 Å². The molecule has 1 saturated heterocycles. The van der Waals surface area contributed by atoms with Crippen LogP contribution in [0.25, 0.3) is 0 Å². The Kier molecular flexibility index (Phi) is 2.14. The molecule has 2 fully saturated rings. The van der Waals surface area contributed by atoms with Crippen molar-refractivity contribution in [1.29, 1.82) is 5.26 Å². The largest absolute Gasteiger partial charge is 0.368 e. The highest BCUT2D eigenvalue weighted by atomic mass is 16.2. The maximum Gasteiger partial charge on any atom is 0.241 e. The first-order valence-corrected chi connectivity index (χ1v) is 5.06. The van der Waals surface area contributed by atoms with Gasteiger partial charge in [0.05, 0.1) is 19.2 Å². The molecule has 15 heavy (non-hydrogen) atoms. The fourth-order valence-corrected chi connectivity index (χ4v) is 1.76. The Bertz CT molecular complexity index is 348. The zero-order chi connectivity index (χ0) is 11.1. The summed E-state index contributed by atoms with van der Waals surface area (Å²) in [6, 6.07) is 1.90. The Balaban J connectivity index is 1.88. The average molecular weight is 207 g/mol. The summed E-state index contributed by atoms with van der Waals surface area (Å²) >= 11 is 0. The number of carbonyl (C=O) groups excluding carboxylic acids is 2. The zero-order valence-corrected chi connectivity index (χ0v) is 8.40. The number of rotatable bonds is 3. The SMILES string of the molecule is N#CC1(C(N)=O)CN(C(=O)CC2CC2)C1. The second kappa shape index (κ2) is 3.23. The minimum atomic E-state index is -1.13. The van der Waals surface area contributed by atoms with Crippen molar-refractivity contribution in [3.05, 3.63) is 0 Å². The zero-order valence-electron chi connectivity index (χ0n) is 8.40. The molecule has 2 amide bonds. The molecule has 1 heterocycles. The maximum atomic E-state index is 11.6. The summed E-state index contributed by atoms with van der Waals surface area (Å²) in [6.07, 6.45) is 2.80. The smallest absolute Gasteiger partial charge is 0.241 e. The molecular weight excluding hydrogens is 194 g/mol. The molecule has 0 aromatic carbocycles. The predicted octanol–water partition coefficient (Wildman–Crippen LogP) is -0.376. The van der Waals surface area contributed by atoms with E-state index >= 15 is 0 Å². The van der Waals surface area contributed by atoms with Crippen LogP contribution in [0.2, 0.25) is 0 Å². The summed E-state index contributed by atoms with van der Waals surface area (Å²) in [7, 11) is 0. The van der Waals surface area contributed by atoms with Gasteiger partial charge in [-0.3, -0.25) is 9.59 Å². The number of likely N-dealkylation sites (tertiary alicyclic amines) is 1. The molecule has 2 N–H and O–H groups in total. The van der Waals surface area contributed by atoms with E-state index in [1.54, 1.807) is 4.90 Å². The molecular formula is C10H13N3O2. The average Bonchev–Trinajstić information content (AvgIpc) is 2.86. The van der Waals surface area contributed by atoms with Crippen LogP contribution in [0.15, 0.2) is 0 Å². The molecule has 1 aliphatic heterocycles. The second-order valence-electron chi connectivity index (χ2n) is 4.46. The van der Waals surface area contributed by atoms with Gasteiger partial charge >= 0.3 is 0 Å². The number of primary amides is 1. The van der Waals surface area contributed by atoms with Crippen LogP contribution in [0.4, 0.5) is 0 Å². The van der Waals surface area contributed by atoms with E-state index in [0.29, 0.717) is 12.3 Å². The fraction of sp³-hybridized carbons (Fsp3) is 0.700. The van der Waals surface area contributed by atoms with E-state index in [-0.39, 0.29) is 19.0 Å². The lowest BCUT2D eigenvalue weighted by Crippen LogP contribution is -2.63. The van der Waals surface area contributed by atoms with Crippen LogP contribution in [0, 0.1) is 22.7 Å². The van der Waals surface area contributed by atoms with Crippen LogP contribution in [0.1, 0.15) is 19.3 Å². The third kappa shape index (κ3) is 1.67. The van der Waals surface area contributed by atoms with Gasteiger partial charge in [-0.05, 0) is 18.8 Å². The number of nitriles is 1. The molecule has 0 bridgehead atoms. The summed E-state index contributed by atoms with van der Waals surface area (Å²) in [5.74, 6) is -0.0479. The van der Waals surface area contributed by atoms with E-state index in [0.717, 1.165) is 12.8 Å². The minimum absolute atomic E-state index is 0.0459. The van der Waals surface area contributed by atoms with Gasteiger partial charge in [-0.15, -0.1) is 0 Å². The third-order valence-corrected chi connectivity index (χ3v) is 3.12. The van der Waals surface area contributed by atoms with Gasteiger partial charge < -0.3 is 10.6 Å². The first-order valence-electron chi connectivity index (χ1n) is 5.06. The molecule has 80 valence electrons. The topological polar surface area (TPSA) is 87.2 Å². The highest BCUT2D eigenvalue weighted by Crippen LogP contribution is 2.36. The first kappa shape index (κ1) is 9.97. The number of nitrogens with two attached hydrogens (primary N) is 1. The van der Waals surface area contributed by atoms with Gasteiger partial charge in [-0.1, -0.05) is 0 Å². The van der Waals surface area contributed by atoms with Crippen molar-refractivity contribution >= 4 is 11.8 Å². The number of carbonyl (C=O) groups is 2. The molecule has 5 heteroatoms. The summed E-state index contributed by atoms with van der Waals surface area (Å²) in [5, 5.41) is 8.81. The fourth-order valence-electron chi connectivity index (χ4n) is 1.76. The van der Waals surface area contributed by atoms with Crippen LogP contribution in [0.5, 0.6) is 0 Å². The van der Waals surface area contributed by atoms with Gasteiger partial charge in [0.1, 0.15) is 0 Å². The quantitative estimate of drug-likeness (QED) is 0.684. The molecule has 0 atom stereocenters. The van der Waals surface area contributed by atoms with Gasteiger partial charge in [-0.25, -0.2) is 0 Å². The monoisotopic (exact) mass is 207 g/mol. The first-order chi connectivity index (χ1) is 7.07. The lowest BCUT2D eigenvalue weighted by atomic mass is 9.80. The second-order valence-corrected chi connectivity index (χ2v) is 4.46. The minimum Gasteiger partial charge on any atom is -0.368 e. The molecule has 0 radical (unpaired) electrons. The van der Waals surface area contributed by atoms with Crippen molar-refractivity contribution < 1.29 is 9.59 Å². The van der Waals surface area contributed by atoms with Crippen molar-refractivity contribution in [3.8, 4) is 6.07 Å². The number of hydrogen-bond acceptors (Lipinski definition) is 3. The Labute approximate surface area is 87.8 Å². The van der Waals surface area contributed by atoms with Crippen LogP contribution >= 0.6 is 0 Å². The third-order valence-electron chi connectivity index (χ3n) is 3.12. The number of nitrogens with zero attached hydrogens (tertiary/aromatic N) is 2. The van der Waals surface area contributed by atoms with Crippen LogP contribution in [-0.4, -0.2) is 29.8 Å². The summed E-state index contributed by atoms with van der Waals surface area (Å²) in [4.78, 5) is 24.1. The summed E-state index contributed by atoms with van der Waals surface area (Å²) < 4.78 is 0. The normalized spacial score (nSPS) is 22.7. The van der Waals surface area contributed by atoms with E-state index in [1.165, 1.54) is 0 Å². The van der Waals surface area contributed by atoms with Gasteiger partial charge in [0, 0.05) is 6.42 Å². The Morgan fingerprint density at radius 3 is 2.47 bits per heavy atom. The van der Waals surface area contributed by atoms with E-state index in [1.807, 2.05) is 6.07 Å². The molecule has 1 aliphatic carbocycles. The van der Waals surface area contributed by atoms with E-state index < -0.39 is 11.3 Å². The van der Waals surface area contributed by atoms with Crippen LogP contribution in [0.3, 0.4) is 0 Å². The Hall–Kier alpha value is -1.57. The predicted molar refractivity (Wildman–Crippen MR) is 51.2 cm³/mol. The molecule has 0 aromatic heterocycles. The van der Waals surface area contributed by atoms with Gasteiger partial charge in [0.15, 0.2) is 5.41 Å². The summed E-state index contributed by atoms with van der Waals surface area (Å²) in [5.41, 5.74) is 3.99. The molecule has 0 aromatic rings. The van der Waals surface area contributed by atoms with Crippen molar-refractivity contribution in [1.82, 2.24) is 4.90 Å². The van der Waals surface area contributed by atoms with Crippen LogP contribution < -0.4 is 5.73 Å². The van der Waals surface area contributed by atoms with Crippen molar-refractivity contribution in [2.45, 2.75) is 19.3 Å². The van der Waals surface area contributed by atoms with E-state index in [9.17, 15) is 9.59 Å². The number of amides is 2. The molecule has 0 unspecified atom stereocenters. The molecule has 5 nitrogen and oxygen atoms in total. The standard InChI is InChI=1S/C10H13N3O2/c11-4-10(9(12)15)5-13(6-10)8(14)3-7-1-2-7/h7H,1-3,5-6H2,(H2,12,15). The number of hydrogen-bond donors (Lipinski definition) is 1. The highest BCUT2D eigenvalue weighted by Gasteiger charge is 2.50. The lowest BCUT2D eigenvalue weighted by Gasteiger charge is -2.43. The summed E-state index contributed by atoms with van der Waals surface area (Å²) in [6.45, 7) is 0.342. The molecule has 1 saturated carbocycles. The lowest BCUT2D eigenvalue weighted by molar-refractivity contribution is -0.147. The van der Waals surface area contributed by atoms with E-state index in [4.69, 9.17) is 11.0 Å². The Morgan fingerprint density at radius 2 is 2.07 bits per heavy atom. The highest BCUT2D eigenvalue weighted by molar-refractivity contribution is 5.89. The molecule has 2 aliphatic rings. The van der Waals surface area contributed by atoms with Gasteiger partial charge in [-0.2, -0.15) is 5.26 Å². The van der Waals surface area contributed by atoms with Crippen molar-refractivity contribution in [2.75, 3.05) is 13.1 Å². The van der Waals surface area contributed by atoms with Crippen molar-refractivity contribution in [2.24, 2.45) is 17.1 Å².